The molecule has 0 bridgehead atoms. The van der Waals surface area contributed by atoms with Crippen LogP contribution in [0, 0.1) is 0 Å². The molecule has 1 fully saturated rings. The summed E-state index contributed by atoms with van der Waals surface area (Å²) in [6.45, 7) is 3.78. The van der Waals surface area contributed by atoms with Gasteiger partial charge in [0, 0.05) is 32.0 Å². The Morgan fingerprint density at radius 2 is 2.50 bits per heavy atom. The normalized spacial score (nSPS) is 22.0. The lowest BCUT2D eigenvalue weighted by atomic mass is 10.2. The molecule has 0 radical (unpaired) electrons. The van der Waals surface area contributed by atoms with Crippen LogP contribution in [0.15, 0.2) is 18.5 Å². The predicted molar refractivity (Wildman–Crippen MR) is 61.0 cm³/mol. The summed E-state index contributed by atoms with van der Waals surface area (Å²) in [5, 5.41) is 7.37. The van der Waals surface area contributed by atoms with Gasteiger partial charge in [-0.1, -0.05) is 0 Å². The van der Waals surface area contributed by atoms with E-state index in [-0.39, 0.29) is 11.9 Å². The number of carbonyl (C=O) groups is 1. The van der Waals surface area contributed by atoms with Crippen molar-refractivity contribution in [3.05, 3.63) is 18.5 Å². The molecule has 5 nitrogen and oxygen atoms in total. The first-order valence-corrected chi connectivity index (χ1v) is 5.66. The molecule has 1 aromatic heterocycles. The number of aromatic nitrogens is 2. The molecule has 1 saturated heterocycles. The van der Waals surface area contributed by atoms with Gasteiger partial charge in [-0.2, -0.15) is 5.10 Å². The highest BCUT2D eigenvalue weighted by Crippen LogP contribution is 2.13. The first-order chi connectivity index (χ1) is 7.70. The summed E-state index contributed by atoms with van der Waals surface area (Å²) in [5.41, 5.74) is 0. The number of carbonyl (C=O) groups excluding carboxylic acids is 1. The van der Waals surface area contributed by atoms with Crippen LogP contribution in [0.4, 0.5) is 0 Å². The van der Waals surface area contributed by atoms with E-state index in [1.807, 2.05) is 31.1 Å². The number of rotatable bonds is 3. The van der Waals surface area contributed by atoms with Crippen LogP contribution in [0.25, 0.3) is 0 Å². The Labute approximate surface area is 95.4 Å². The van der Waals surface area contributed by atoms with Crippen molar-refractivity contribution >= 4 is 5.91 Å². The Balaban J connectivity index is 2.01. The zero-order valence-electron chi connectivity index (χ0n) is 9.76. The number of nitrogens with zero attached hydrogens (tertiary/aromatic N) is 3. The molecule has 1 aliphatic heterocycles. The molecule has 2 heterocycles. The number of likely N-dealkylation sites (N-methyl/N-ethyl adjacent to an activating group) is 1. The van der Waals surface area contributed by atoms with E-state index in [4.69, 9.17) is 0 Å². The Hall–Kier alpha value is -1.36. The Morgan fingerprint density at radius 1 is 1.69 bits per heavy atom. The number of nitrogens with one attached hydrogen (secondary N) is 1. The van der Waals surface area contributed by atoms with E-state index in [9.17, 15) is 4.79 Å². The Kier molecular flexibility index (Phi) is 3.24. The van der Waals surface area contributed by atoms with Crippen LogP contribution in [-0.4, -0.2) is 46.8 Å². The van der Waals surface area contributed by atoms with Crippen molar-refractivity contribution in [2.24, 2.45) is 0 Å². The van der Waals surface area contributed by atoms with Gasteiger partial charge in [0.2, 0.25) is 5.91 Å². The van der Waals surface area contributed by atoms with Crippen LogP contribution in [0.3, 0.4) is 0 Å². The number of amides is 1. The fourth-order valence-electron chi connectivity index (χ4n) is 2.07. The molecule has 5 heteroatoms. The van der Waals surface area contributed by atoms with Gasteiger partial charge >= 0.3 is 0 Å². The highest BCUT2D eigenvalue weighted by atomic mass is 16.2. The van der Waals surface area contributed by atoms with Crippen molar-refractivity contribution in [1.29, 1.82) is 0 Å². The number of hydrogen-bond acceptors (Lipinski definition) is 3. The Bertz CT molecular complexity index is 343. The van der Waals surface area contributed by atoms with E-state index >= 15 is 0 Å². The third kappa shape index (κ3) is 2.09. The average molecular weight is 222 g/mol. The fourth-order valence-corrected chi connectivity index (χ4v) is 2.07. The van der Waals surface area contributed by atoms with Gasteiger partial charge in [-0.3, -0.25) is 9.48 Å². The molecule has 88 valence electrons. The molecular weight excluding hydrogens is 204 g/mol. The molecule has 0 aliphatic carbocycles. The summed E-state index contributed by atoms with van der Waals surface area (Å²) < 4.78 is 1.70. The second-order valence-corrected chi connectivity index (χ2v) is 4.26. The molecule has 16 heavy (non-hydrogen) atoms. The number of hydrogen-bond donors (Lipinski definition) is 1. The smallest absolute Gasteiger partial charge is 0.247 e. The van der Waals surface area contributed by atoms with Crippen LogP contribution in [-0.2, 0) is 4.79 Å². The Morgan fingerprint density at radius 3 is 3.06 bits per heavy atom. The topological polar surface area (TPSA) is 50.2 Å². The summed E-state index contributed by atoms with van der Waals surface area (Å²) in [7, 11) is 1.88. The van der Waals surface area contributed by atoms with Gasteiger partial charge in [-0.05, 0) is 26.0 Å². The van der Waals surface area contributed by atoms with Gasteiger partial charge in [0.25, 0.3) is 0 Å². The minimum atomic E-state index is -0.222. The lowest BCUT2D eigenvalue weighted by Gasteiger charge is -2.26. The molecule has 0 saturated carbocycles. The highest BCUT2D eigenvalue weighted by Gasteiger charge is 2.27. The van der Waals surface area contributed by atoms with Crippen LogP contribution in [0.1, 0.15) is 19.4 Å². The van der Waals surface area contributed by atoms with E-state index in [0.29, 0.717) is 6.04 Å². The van der Waals surface area contributed by atoms with Crippen molar-refractivity contribution in [2.75, 3.05) is 20.1 Å². The molecule has 0 spiro atoms. The van der Waals surface area contributed by atoms with E-state index < -0.39 is 0 Å². The van der Waals surface area contributed by atoms with Gasteiger partial charge in [-0.25, -0.2) is 0 Å². The monoisotopic (exact) mass is 222 g/mol. The summed E-state index contributed by atoms with van der Waals surface area (Å²) in [5.74, 6) is 0.123. The molecule has 2 rings (SSSR count). The lowest BCUT2D eigenvalue weighted by Crippen LogP contribution is -2.41. The zero-order valence-corrected chi connectivity index (χ0v) is 9.76. The van der Waals surface area contributed by atoms with E-state index in [1.165, 1.54) is 0 Å². The van der Waals surface area contributed by atoms with Crippen molar-refractivity contribution < 1.29 is 4.79 Å². The summed E-state index contributed by atoms with van der Waals surface area (Å²) in [6, 6.07) is 1.94. The van der Waals surface area contributed by atoms with Gasteiger partial charge in [0.05, 0.1) is 0 Å². The molecule has 1 aliphatic rings. The highest BCUT2D eigenvalue weighted by molar-refractivity contribution is 5.80. The second-order valence-electron chi connectivity index (χ2n) is 4.26. The maximum atomic E-state index is 12.2. The van der Waals surface area contributed by atoms with E-state index in [0.717, 1.165) is 19.5 Å². The first-order valence-electron chi connectivity index (χ1n) is 5.66. The minimum absolute atomic E-state index is 0.123. The third-order valence-corrected chi connectivity index (χ3v) is 3.21. The molecule has 1 amide bonds. The second kappa shape index (κ2) is 4.65. The van der Waals surface area contributed by atoms with Crippen LogP contribution in [0.5, 0.6) is 0 Å². The van der Waals surface area contributed by atoms with E-state index in [1.54, 1.807) is 10.9 Å². The first kappa shape index (κ1) is 11.1. The van der Waals surface area contributed by atoms with Gasteiger partial charge in [0.1, 0.15) is 6.04 Å². The molecule has 2 unspecified atom stereocenters. The van der Waals surface area contributed by atoms with Crippen molar-refractivity contribution in [3.63, 3.8) is 0 Å². The average Bonchev–Trinajstić information content (AvgIpc) is 2.97. The summed E-state index contributed by atoms with van der Waals surface area (Å²) in [4.78, 5) is 14.0. The van der Waals surface area contributed by atoms with Crippen molar-refractivity contribution in [2.45, 2.75) is 25.4 Å². The SMILES string of the molecule is CC(C(=O)N(C)C1CCNC1)n1cccn1. The largest absolute Gasteiger partial charge is 0.340 e. The quantitative estimate of drug-likeness (QED) is 0.798. The lowest BCUT2D eigenvalue weighted by molar-refractivity contribution is -0.135. The predicted octanol–water partition coefficient (Wildman–Crippen LogP) is 0.264. The maximum absolute atomic E-state index is 12.2. The van der Waals surface area contributed by atoms with Gasteiger partial charge < -0.3 is 10.2 Å². The van der Waals surface area contributed by atoms with Gasteiger partial charge in [-0.15, -0.1) is 0 Å². The summed E-state index contributed by atoms with van der Waals surface area (Å²) in [6.07, 6.45) is 4.55. The maximum Gasteiger partial charge on any atom is 0.247 e. The molecule has 1 N–H and O–H groups in total. The van der Waals surface area contributed by atoms with E-state index in [2.05, 4.69) is 10.4 Å². The molecular formula is C11H18N4O. The fraction of sp³-hybridized carbons (Fsp3) is 0.636. The summed E-state index contributed by atoms with van der Waals surface area (Å²) >= 11 is 0. The minimum Gasteiger partial charge on any atom is -0.340 e. The van der Waals surface area contributed by atoms with Crippen LogP contribution < -0.4 is 5.32 Å². The standard InChI is InChI=1S/C11H18N4O/c1-9(15-7-3-5-13-15)11(16)14(2)10-4-6-12-8-10/h3,5,7,9-10,12H,4,6,8H2,1-2H3. The zero-order chi connectivity index (χ0) is 11.5. The molecule has 2 atom stereocenters. The van der Waals surface area contributed by atoms with Crippen molar-refractivity contribution in [3.8, 4) is 0 Å². The van der Waals surface area contributed by atoms with Gasteiger partial charge in [0.15, 0.2) is 0 Å². The van der Waals surface area contributed by atoms with Crippen LogP contribution >= 0.6 is 0 Å². The molecule has 0 aromatic carbocycles. The third-order valence-electron chi connectivity index (χ3n) is 3.21. The van der Waals surface area contributed by atoms with Crippen LogP contribution in [0.2, 0.25) is 0 Å². The van der Waals surface area contributed by atoms with Crippen molar-refractivity contribution in [1.82, 2.24) is 20.0 Å². The molecule has 1 aromatic rings.